The van der Waals surface area contributed by atoms with E-state index in [9.17, 15) is 0 Å². The summed E-state index contributed by atoms with van der Waals surface area (Å²) < 4.78 is 0. The molecule has 1 heteroatoms. The average Bonchev–Trinajstić information content (AvgIpc) is 2.29. The van der Waals surface area contributed by atoms with E-state index >= 15 is 0 Å². The van der Waals surface area contributed by atoms with Crippen molar-refractivity contribution in [2.75, 3.05) is 5.73 Å². The van der Waals surface area contributed by atoms with E-state index < -0.39 is 0 Å². The number of nitrogens with two attached hydrogens (primary N) is 1. The average molecular weight is 199 g/mol. The molecule has 2 rings (SSSR count). The lowest BCUT2D eigenvalue weighted by molar-refractivity contribution is 0.898. The normalized spacial score (nSPS) is 15.8. The minimum Gasteiger partial charge on any atom is -0.399 e. The second-order valence-electron chi connectivity index (χ2n) is 3.98. The van der Waals surface area contributed by atoms with Gasteiger partial charge in [-0.2, -0.15) is 0 Å². The molecule has 1 aliphatic carbocycles. The topological polar surface area (TPSA) is 26.0 Å². The number of nitrogen functional groups attached to an aromatic ring is 1. The molecule has 15 heavy (non-hydrogen) atoms. The lowest BCUT2D eigenvalue weighted by atomic mass is 9.93. The summed E-state index contributed by atoms with van der Waals surface area (Å²) in [5.74, 6) is 0. The molecule has 2 N–H and O–H groups in total. The highest BCUT2D eigenvalue weighted by Crippen LogP contribution is 2.27. The van der Waals surface area contributed by atoms with Crippen LogP contribution < -0.4 is 5.73 Å². The first kappa shape index (κ1) is 10.0. The molecule has 0 radical (unpaired) electrons. The smallest absolute Gasteiger partial charge is 0.0320 e. The number of hydrogen-bond acceptors (Lipinski definition) is 1. The van der Waals surface area contributed by atoms with Crippen molar-refractivity contribution >= 4 is 11.3 Å². The van der Waals surface area contributed by atoms with Gasteiger partial charge in [-0.05, 0) is 42.5 Å². The van der Waals surface area contributed by atoms with Crippen LogP contribution in [0.5, 0.6) is 0 Å². The number of rotatable bonds is 2. The highest BCUT2D eigenvalue weighted by Gasteiger charge is 2.05. The first-order valence-electron chi connectivity index (χ1n) is 5.55. The molecule has 0 atom stereocenters. The molecule has 0 unspecified atom stereocenters. The van der Waals surface area contributed by atoms with Crippen molar-refractivity contribution in [3.8, 4) is 0 Å². The third-order valence-electron chi connectivity index (χ3n) is 2.86. The molecule has 0 aliphatic heterocycles. The van der Waals surface area contributed by atoms with Gasteiger partial charge in [-0.25, -0.2) is 0 Å². The molecule has 0 fully saturated rings. The molecule has 0 spiro atoms. The van der Waals surface area contributed by atoms with Crippen LogP contribution in [0.25, 0.3) is 5.57 Å². The summed E-state index contributed by atoms with van der Waals surface area (Å²) in [4.78, 5) is 0. The lowest BCUT2D eigenvalue weighted by Gasteiger charge is -2.13. The van der Waals surface area contributed by atoms with Crippen molar-refractivity contribution in [2.45, 2.75) is 26.2 Å². The van der Waals surface area contributed by atoms with Crippen LogP contribution in [0, 0.1) is 0 Å². The summed E-state index contributed by atoms with van der Waals surface area (Å²) >= 11 is 0. The summed E-state index contributed by atoms with van der Waals surface area (Å²) in [6.07, 6.45) is 8.12. The van der Waals surface area contributed by atoms with Gasteiger partial charge in [0.15, 0.2) is 0 Å². The highest BCUT2D eigenvalue weighted by atomic mass is 14.5. The highest BCUT2D eigenvalue weighted by molar-refractivity contribution is 5.77. The zero-order valence-electron chi connectivity index (χ0n) is 9.16. The molecule has 0 saturated carbocycles. The van der Waals surface area contributed by atoms with Gasteiger partial charge in [-0.1, -0.05) is 36.8 Å². The maximum atomic E-state index is 5.78. The van der Waals surface area contributed by atoms with Gasteiger partial charge >= 0.3 is 0 Å². The van der Waals surface area contributed by atoms with Crippen molar-refractivity contribution in [3.63, 3.8) is 0 Å². The van der Waals surface area contributed by atoms with Gasteiger partial charge in [0.1, 0.15) is 0 Å². The first-order chi connectivity index (χ1) is 7.29. The Hall–Kier alpha value is -1.50. The maximum Gasteiger partial charge on any atom is 0.0320 e. The third kappa shape index (κ3) is 2.30. The minimum absolute atomic E-state index is 0.838. The molecular formula is C14H17N. The van der Waals surface area contributed by atoms with Gasteiger partial charge in [0, 0.05) is 5.69 Å². The van der Waals surface area contributed by atoms with Gasteiger partial charge in [-0.15, -0.1) is 0 Å². The fraction of sp³-hybridized carbons (Fsp3) is 0.286. The van der Waals surface area contributed by atoms with E-state index in [2.05, 4.69) is 25.1 Å². The molecular weight excluding hydrogens is 182 g/mol. The maximum absolute atomic E-state index is 5.78. The zero-order valence-corrected chi connectivity index (χ0v) is 9.16. The zero-order chi connectivity index (χ0) is 10.7. The van der Waals surface area contributed by atoms with Crippen molar-refractivity contribution in [2.24, 2.45) is 0 Å². The van der Waals surface area contributed by atoms with Crippen molar-refractivity contribution in [3.05, 3.63) is 47.6 Å². The minimum atomic E-state index is 0.838. The molecule has 1 aromatic carbocycles. The molecule has 0 amide bonds. The van der Waals surface area contributed by atoms with Crippen molar-refractivity contribution in [1.82, 2.24) is 0 Å². The van der Waals surface area contributed by atoms with Crippen LogP contribution in [-0.2, 0) is 0 Å². The van der Waals surface area contributed by atoms with Gasteiger partial charge in [0.25, 0.3) is 0 Å². The Balaban J connectivity index is 2.32. The Bertz CT molecular complexity index is 413. The van der Waals surface area contributed by atoms with Crippen LogP contribution in [0.3, 0.4) is 0 Å². The lowest BCUT2D eigenvalue weighted by Crippen LogP contribution is -1.93. The quantitative estimate of drug-likeness (QED) is 0.721. The Morgan fingerprint density at radius 3 is 2.93 bits per heavy atom. The Kier molecular flexibility index (Phi) is 2.91. The van der Waals surface area contributed by atoms with E-state index in [1.54, 1.807) is 0 Å². The van der Waals surface area contributed by atoms with Gasteiger partial charge < -0.3 is 5.73 Å². The summed E-state index contributed by atoms with van der Waals surface area (Å²) in [6, 6.07) is 8.11. The van der Waals surface area contributed by atoms with Crippen LogP contribution in [0.4, 0.5) is 5.69 Å². The fourth-order valence-electron chi connectivity index (χ4n) is 1.96. The molecule has 1 aliphatic rings. The Morgan fingerprint density at radius 1 is 1.33 bits per heavy atom. The predicted molar refractivity (Wildman–Crippen MR) is 66.4 cm³/mol. The van der Waals surface area contributed by atoms with Crippen LogP contribution in [-0.4, -0.2) is 0 Å². The first-order valence-corrected chi connectivity index (χ1v) is 5.55. The van der Waals surface area contributed by atoms with E-state index in [-0.39, 0.29) is 0 Å². The summed E-state index contributed by atoms with van der Waals surface area (Å²) in [6.45, 7) is 2.22. The Labute approximate surface area is 91.3 Å². The number of benzene rings is 1. The Morgan fingerprint density at radius 2 is 2.20 bits per heavy atom. The third-order valence-corrected chi connectivity index (χ3v) is 2.86. The van der Waals surface area contributed by atoms with Gasteiger partial charge in [0.05, 0.1) is 0 Å². The molecule has 1 aromatic rings. The molecule has 0 saturated heterocycles. The van der Waals surface area contributed by atoms with Crippen LogP contribution in [0.15, 0.2) is 42.0 Å². The van der Waals surface area contributed by atoms with Gasteiger partial charge in [0.2, 0.25) is 0 Å². The molecule has 0 aromatic heterocycles. The molecule has 0 heterocycles. The van der Waals surface area contributed by atoms with E-state index in [4.69, 9.17) is 5.73 Å². The van der Waals surface area contributed by atoms with Crippen LogP contribution in [0.2, 0.25) is 0 Å². The molecule has 0 bridgehead atoms. The molecule has 1 nitrogen and oxygen atoms in total. The SMILES string of the molecule is CCC1=CC(c2cccc(N)c2)=CCC1. The summed E-state index contributed by atoms with van der Waals surface area (Å²) in [5.41, 5.74) is 10.7. The van der Waals surface area contributed by atoms with Crippen molar-refractivity contribution < 1.29 is 0 Å². The number of anilines is 1. The van der Waals surface area contributed by atoms with Crippen molar-refractivity contribution in [1.29, 1.82) is 0 Å². The predicted octanol–water partition coefficient (Wildman–Crippen LogP) is 3.78. The van der Waals surface area contributed by atoms with E-state index in [1.807, 2.05) is 18.2 Å². The molecule has 78 valence electrons. The van der Waals surface area contributed by atoms with Crippen LogP contribution >= 0.6 is 0 Å². The van der Waals surface area contributed by atoms with E-state index in [0.29, 0.717) is 0 Å². The van der Waals surface area contributed by atoms with Crippen LogP contribution in [0.1, 0.15) is 31.7 Å². The van der Waals surface area contributed by atoms with E-state index in [1.165, 1.54) is 23.1 Å². The monoisotopic (exact) mass is 199 g/mol. The summed E-state index contributed by atoms with van der Waals surface area (Å²) in [5, 5.41) is 0. The second kappa shape index (κ2) is 4.35. The largest absolute Gasteiger partial charge is 0.399 e. The second-order valence-corrected chi connectivity index (χ2v) is 3.98. The number of hydrogen-bond donors (Lipinski definition) is 1. The van der Waals surface area contributed by atoms with Gasteiger partial charge in [-0.3, -0.25) is 0 Å². The van der Waals surface area contributed by atoms with E-state index in [0.717, 1.165) is 18.5 Å². The standard InChI is InChI=1S/C14H17N/c1-2-11-5-3-6-12(9-11)13-7-4-8-14(15)10-13/h4,6-10H,2-3,5,15H2,1H3. The summed E-state index contributed by atoms with van der Waals surface area (Å²) in [7, 11) is 0. The number of allylic oxidation sites excluding steroid dienone is 4. The fourth-order valence-corrected chi connectivity index (χ4v) is 1.96.